The van der Waals surface area contributed by atoms with Crippen LogP contribution in [0.15, 0.2) is 54.9 Å². The summed E-state index contributed by atoms with van der Waals surface area (Å²) in [5.41, 5.74) is 2.79. The number of likely N-dealkylation sites (tertiary alicyclic amines) is 1. The number of carbonyl (C=O) groups is 1. The summed E-state index contributed by atoms with van der Waals surface area (Å²) in [6.07, 6.45) is -0.761. The van der Waals surface area contributed by atoms with Gasteiger partial charge in [-0.3, -0.25) is 14.6 Å². The van der Waals surface area contributed by atoms with Crippen LogP contribution in [0.25, 0.3) is 0 Å². The van der Waals surface area contributed by atoms with E-state index in [9.17, 15) is 22.4 Å². The summed E-state index contributed by atoms with van der Waals surface area (Å²) in [5.74, 6) is -0.350. The van der Waals surface area contributed by atoms with E-state index in [2.05, 4.69) is 33.6 Å². The van der Waals surface area contributed by atoms with Crippen LogP contribution in [0.3, 0.4) is 0 Å². The van der Waals surface area contributed by atoms with Crippen molar-refractivity contribution in [1.29, 1.82) is 0 Å². The lowest BCUT2D eigenvalue weighted by molar-refractivity contribution is -0.137. The van der Waals surface area contributed by atoms with Crippen LogP contribution >= 0.6 is 0 Å². The van der Waals surface area contributed by atoms with E-state index in [1.807, 2.05) is 24.8 Å². The fraction of sp³-hybridized carbons (Fsp3) is 0.485. The highest BCUT2D eigenvalue weighted by atomic mass is 19.4. The Morgan fingerprint density at radius 1 is 1.00 bits per heavy atom. The van der Waals surface area contributed by atoms with Gasteiger partial charge in [0.15, 0.2) is 0 Å². The second-order valence-electron chi connectivity index (χ2n) is 12.2. The van der Waals surface area contributed by atoms with Gasteiger partial charge in [-0.05, 0) is 82.3 Å². The zero-order chi connectivity index (χ0) is 30.9. The molecule has 3 heterocycles. The van der Waals surface area contributed by atoms with Gasteiger partial charge in [0.2, 0.25) is 0 Å². The van der Waals surface area contributed by atoms with Gasteiger partial charge in [-0.25, -0.2) is 14.4 Å². The Morgan fingerprint density at radius 2 is 1.65 bits per heavy atom. The van der Waals surface area contributed by atoms with Gasteiger partial charge in [-0.1, -0.05) is 24.3 Å². The zero-order valence-corrected chi connectivity index (χ0v) is 25.2. The number of piperazine rings is 1. The highest BCUT2D eigenvalue weighted by Gasteiger charge is 2.41. The molecule has 1 unspecified atom stereocenters. The van der Waals surface area contributed by atoms with Crippen molar-refractivity contribution in [3.05, 3.63) is 94.3 Å². The first kappa shape index (κ1) is 31.1. The van der Waals surface area contributed by atoms with Crippen molar-refractivity contribution in [2.75, 3.05) is 32.7 Å². The minimum Gasteiger partial charge on any atom is -0.338 e. The maximum absolute atomic E-state index is 14.1. The van der Waals surface area contributed by atoms with E-state index in [1.54, 1.807) is 18.2 Å². The predicted molar refractivity (Wildman–Crippen MR) is 157 cm³/mol. The van der Waals surface area contributed by atoms with Gasteiger partial charge >= 0.3 is 6.18 Å². The third-order valence-electron chi connectivity index (χ3n) is 9.35. The first-order valence-corrected chi connectivity index (χ1v) is 14.9. The molecule has 0 saturated carbocycles. The molecule has 2 aromatic carbocycles. The molecule has 6 nitrogen and oxygen atoms in total. The van der Waals surface area contributed by atoms with Gasteiger partial charge in [-0.2, -0.15) is 13.2 Å². The standard InChI is InChI=1S/C33H39F4N5O/c1-22-20-41(32(4)12-14-40(15-13-32)31(43)30-23(2)38-21-39-24(30)3)16-17-42(22)29(19-25-6-5-7-28(34)18-25)26-8-10-27(11-9-26)33(35,36)37/h5-11,18,21-22,29H,12-17,19-20H2,1-4H3/t22-,29?/m0/s1. The number of alkyl halides is 3. The zero-order valence-electron chi connectivity index (χ0n) is 25.2. The Bertz CT molecular complexity index is 1420. The summed E-state index contributed by atoms with van der Waals surface area (Å²) in [5, 5.41) is 0. The van der Waals surface area contributed by atoms with Gasteiger partial charge in [0.05, 0.1) is 22.5 Å². The first-order chi connectivity index (χ1) is 20.4. The molecule has 0 aliphatic carbocycles. The molecule has 3 aromatic rings. The molecule has 2 saturated heterocycles. The maximum atomic E-state index is 14.1. The fourth-order valence-electron chi connectivity index (χ4n) is 6.70. The van der Waals surface area contributed by atoms with Crippen LogP contribution in [0.5, 0.6) is 0 Å². The molecule has 2 aliphatic rings. The average Bonchev–Trinajstić information content (AvgIpc) is 2.96. The molecule has 0 spiro atoms. The van der Waals surface area contributed by atoms with Crippen LogP contribution in [0.4, 0.5) is 17.6 Å². The maximum Gasteiger partial charge on any atom is 0.416 e. The summed E-state index contributed by atoms with van der Waals surface area (Å²) < 4.78 is 53.9. The van der Waals surface area contributed by atoms with Gasteiger partial charge in [0.25, 0.3) is 5.91 Å². The van der Waals surface area contributed by atoms with E-state index in [0.717, 1.165) is 55.7 Å². The number of piperidine rings is 1. The summed E-state index contributed by atoms with van der Waals surface area (Å²) in [7, 11) is 0. The third-order valence-corrected chi connectivity index (χ3v) is 9.35. The largest absolute Gasteiger partial charge is 0.416 e. The molecule has 1 amide bonds. The van der Waals surface area contributed by atoms with E-state index in [0.29, 0.717) is 36.5 Å². The molecular formula is C33H39F4N5O. The molecule has 0 bridgehead atoms. The second-order valence-corrected chi connectivity index (χ2v) is 12.2. The minimum atomic E-state index is -4.41. The number of nitrogens with zero attached hydrogens (tertiary/aromatic N) is 5. The smallest absolute Gasteiger partial charge is 0.338 e. The van der Waals surface area contributed by atoms with Crippen LogP contribution in [0, 0.1) is 19.7 Å². The monoisotopic (exact) mass is 597 g/mol. The van der Waals surface area contributed by atoms with Crippen molar-refractivity contribution >= 4 is 5.91 Å². The second kappa shape index (κ2) is 12.3. The summed E-state index contributed by atoms with van der Waals surface area (Å²) in [6, 6.07) is 11.7. The van der Waals surface area contributed by atoms with Crippen LogP contribution < -0.4 is 0 Å². The molecule has 43 heavy (non-hydrogen) atoms. The summed E-state index contributed by atoms with van der Waals surface area (Å²) >= 11 is 0. The molecule has 1 aromatic heterocycles. The number of carbonyl (C=O) groups excluding carboxylic acids is 1. The van der Waals surface area contributed by atoms with Crippen molar-refractivity contribution in [1.82, 2.24) is 24.7 Å². The van der Waals surface area contributed by atoms with Gasteiger partial charge in [0, 0.05) is 50.3 Å². The topological polar surface area (TPSA) is 52.6 Å². The molecule has 0 radical (unpaired) electrons. The van der Waals surface area contributed by atoms with Crippen LogP contribution in [0.1, 0.15) is 71.2 Å². The van der Waals surface area contributed by atoms with E-state index in [-0.39, 0.29) is 29.3 Å². The van der Waals surface area contributed by atoms with Crippen LogP contribution in [-0.2, 0) is 12.6 Å². The lowest BCUT2D eigenvalue weighted by atomic mass is 9.85. The van der Waals surface area contributed by atoms with Crippen molar-refractivity contribution in [2.24, 2.45) is 0 Å². The van der Waals surface area contributed by atoms with E-state index in [4.69, 9.17) is 0 Å². The number of rotatable bonds is 6. The molecule has 0 N–H and O–H groups in total. The van der Waals surface area contributed by atoms with Crippen molar-refractivity contribution < 1.29 is 22.4 Å². The van der Waals surface area contributed by atoms with E-state index < -0.39 is 11.7 Å². The number of benzene rings is 2. The Hall–Kier alpha value is -3.37. The number of amides is 1. The Labute approximate surface area is 250 Å². The van der Waals surface area contributed by atoms with E-state index in [1.165, 1.54) is 18.5 Å². The molecular weight excluding hydrogens is 558 g/mol. The SMILES string of the molecule is Cc1ncnc(C)c1C(=O)N1CCC(C)(N2CCN(C(Cc3cccc(F)c3)c3ccc(C(F)(F)F)cc3)[C@@H](C)C2)CC1. The predicted octanol–water partition coefficient (Wildman–Crippen LogP) is 6.24. The number of aromatic nitrogens is 2. The number of halogens is 4. The first-order valence-electron chi connectivity index (χ1n) is 14.9. The molecule has 2 aliphatic heterocycles. The quantitative estimate of drug-likeness (QED) is 0.315. The highest BCUT2D eigenvalue weighted by molar-refractivity contribution is 5.96. The normalized spacial score (nSPS) is 20.7. The molecule has 10 heteroatoms. The summed E-state index contributed by atoms with van der Waals surface area (Å²) in [4.78, 5) is 28.5. The molecule has 230 valence electrons. The Kier molecular flexibility index (Phi) is 8.90. The Balaban J connectivity index is 1.29. The lowest BCUT2D eigenvalue weighted by Crippen LogP contribution is -2.62. The van der Waals surface area contributed by atoms with Crippen molar-refractivity contribution in [3.63, 3.8) is 0 Å². The van der Waals surface area contributed by atoms with Gasteiger partial charge < -0.3 is 4.90 Å². The number of aryl methyl sites for hydroxylation is 2. The molecule has 2 atom stereocenters. The van der Waals surface area contributed by atoms with Gasteiger partial charge in [-0.15, -0.1) is 0 Å². The minimum absolute atomic E-state index is 0.0208. The lowest BCUT2D eigenvalue weighted by Gasteiger charge is -2.53. The summed E-state index contributed by atoms with van der Waals surface area (Å²) in [6.45, 7) is 11.7. The molecule has 2 fully saturated rings. The van der Waals surface area contributed by atoms with Crippen molar-refractivity contribution in [2.45, 2.75) is 70.8 Å². The van der Waals surface area contributed by atoms with E-state index >= 15 is 0 Å². The van der Waals surface area contributed by atoms with Crippen LogP contribution in [0.2, 0.25) is 0 Å². The Morgan fingerprint density at radius 3 is 2.23 bits per heavy atom. The number of hydrogen-bond donors (Lipinski definition) is 0. The highest BCUT2D eigenvalue weighted by Crippen LogP contribution is 2.36. The van der Waals surface area contributed by atoms with Crippen molar-refractivity contribution in [3.8, 4) is 0 Å². The van der Waals surface area contributed by atoms with Crippen LogP contribution in [-0.4, -0.2) is 74.9 Å². The third kappa shape index (κ3) is 6.75. The number of hydrogen-bond acceptors (Lipinski definition) is 5. The fourth-order valence-corrected chi connectivity index (χ4v) is 6.70. The average molecular weight is 598 g/mol. The molecule has 5 rings (SSSR count). The van der Waals surface area contributed by atoms with Gasteiger partial charge in [0.1, 0.15) is 12.1 Å².